The van der Waals surface area contributed by atoms with Gasteiger partial charge in [0.2, 0.25) is 0 Å². The molecule has 86 heavy (non-hydrogen) atoms. The second-order valence-corrected chi connectivity index (χ2v) is 52.6. The molecule has 4 bridgehead atoms. The van der Waals surface area contributed by atoms with Crippen molar-refractivity contribution >= 4 is 73.0 Å². The van der Waals surface area contributed by atoms with Gasteiger partial charge in [-0.2, -0.15) is 19.2 Å². The standard InChI is InChI=1S/C30H53N5O5Si2.C30H51N5O5Si2.CH4.FH/c2*1-30(2,3)40-29(36)34-24-16-23(17-25(34)20-39-19-24)26-18-28(35-27(32-26)10-11-31-35)33(21-37-12-14-41(4,5)6)22-38-13-15-42(7,8)9;;/h10-11,18,23-25H,12-17,19-22H2,1-9H3;10-11,16,18,24-25H,12-15,17,19-22H2,1-9H3;1H4;1H. The summed E-state index contributed by atoms with van der Waals surface area (Å²) in [6.45, 7) is 46.2. The Bertz CT molecular complexity index is 2760. The van der Waals surface area contributed by atoms with Crippen LogP contribution in [0.1, 0.15) is 85.5 Å². The molecular weight excluding hydrogens is 1160 g/mol. The molecular formula is C61H109FN10O10Si4. The third-order valence-corrected chi connectivity index (χ3v) is 21.8. The van der Waals surface area contributed by atoms with Crippen molar-refractivity contribution in [1.82, 2.24) is 39.0 Å². The average molecular weight is 1270 g/mol. The number of hydrogen-bond donors (Lipinski definition) is 0. The Morgan fingerprint density at radius 1 is 0.570 bits per heavy atom. The number of fused-ring (bicyclic) bond motifs is 6. The first kappa shape index (κ1) is 72.4. The van der Waals surface area contributed by atoms with Crippen LogP contribution in [-0.2, 0) is 37.9 Å². The lowest BCUT2D eigenvalue weighted by atomic mass is 9.83. The molecule has 0 radical (unpaired) electrons. The van der Waals surface area contributed by atoms with Crippen molar-refractivity contribution in [2.24, 2.45) is 0 Å². The lowest BCUT2D eigenvalue weighted by Gasteiger charge is -2.48. The largest absolute Gasteiger partial charge is 0.444 e. The van der Waals surface area contributed by atoms with E-state index in [0.717, 1.165) is 103 Å². The van der Waals surface area contributed by atoms with Crippen molar-refractivity contribution in [3.8, 4) is 0 Å². The van der Waals surface area contributed by atoms with E-state index in [0.29, 0.717) is 59.8 Å². The van der Waals surface area contributed by atoms with E-state index in [-0.39, 0.29) is 54.4 Å². The van der Waals surface area contributed by atoms with Gasteiger partial charge in [0.15, 0.2) is 11.3 Å². The number of ether oxygens (including phenoxy) is 8. The van der Waals surface area contributed by atoms with E-state index in [1.165, 1.54) is 0 Å². The van der Waals surface area contributed by atoms with Crippen LogP contribution in [0.2, 0.25) is 103 Å². The third kappa shape index (κ3) is 22.0. The molecule has 4 atom stereocenters. The van der Waals surface area contributed by atoms with Crippen LogP contribution in [0.5, 0.6) is 0 Å². The summed E-state index contributed by atoms with van der Waals surface area (Å²) in [7, 11) is -4.85. The van der Waals surface area contributed by atoms with Gasteiger partial charge in [0.1, 0.15) is 49.8 Å². The second-order valence-electron chi connectivity index (χ2n) is 30.2. The lowest BCUT2D eigenvalue weighted by molar-refractivity contribution is -0.0827. The first-order valence-corrected chi connectivity index (χ1v) is 45.4. The molecule has 2 amide bonds. The molecule has 0 aliphatic carbocycles. The van der Waals surface area contributed by atoms with Crippen molar-refractivity contribution in [3.63, 3.8) is 0 Å². The molecule has 8 heterocycles. The number of rotatable bonds is 24. The zero-order chi connectivity index (χ0) is 61.4. The first-order valence-electron chi connectivity index (χ1n) is 30.6. The van der Waals surface area contributed by atoms with Gasteiger partial charge in [0.25, 0.3) is 0 Å². The van der Waals surface area contributed by atoms with E-state index in [9.17, 15) is 9.59 Å². The highest BCUT2D eigenvalue weighted by Gasteiger charge is 2.45. The number of aromatic nitrogens is 6. The highest BCUT2D eigenvalue weighted by Crippen LogP contribution is 2.40. The van der Waals surface area contributed by atoms with Gasteiger partial charge >= 0.3 is 12.2 Å². The van der Waals surface area contributed by atoms with Crippen LogP contribution in [0.4, 0.5) is 25.9 Å². The number of amides is 2. The highest BCUT2D eigenvalue weighted by atomic mass is 28.3. The van der Waals surface area contributed by atoms with Crippen molar-refractivity contribution in [1.29, 1.82) is 0 Å². The quantitative estimate of drug-likeness (QED) is 0.0367. The summed E-state index contributed by atoms with van der Waals surface area (Å²) in [6.07, 6.45) is 7.29. The molecule has 0 N–H and O–H groups in total. The van der Waals surface area contributed by atoms with E-state index in [4.69, 9.17) is 47.9 Å². The van der Waals surface area contributed by atoms with Crippen LogP contribution < -0.4 is 9.80 Å². The summed E-state index contributed by atoms with van der Waals surface area (Å²) in [6, 6.07) is 12.1. The van der Waals surface area contributed by atoms with Crippen LogP contribution in [0, 0.1) is 0 Å². The van der Waals surface area contributed by atoms with Gasteiger partial charge in [-0.05, 0) is 90.6 Å². The third-order valence-electron chi connectivity index (χ3n) is 15.0. The Morgan fingerprint density at radius 3 is 1.38 bits per heavy atom. The van der Waals surface area contributed by atoms with E-state index in [1.54, 1.807) is 12.4 Å². The number of morpholine rings is 2. The summed E-state index contributed by atoms with van der Waals surface area (Å²) in [5, 5.41) is 9.21. The Hall–Kier alpha value is -4.32. The summed E-state index contributed by atoms with van der Waals surface area (Å²) in [5.41, 5.74) is 3.43. The molecule has 20 nitrogen and oxygen atoms in total. The van der Waals surface area contributed by atoms with Crippen LogP contribution in [0.25, 0.3) is 16.9 Å². The van der Waals surface area contributed by atoms with Crippen LogP contribution in [0.15, 0.2) is 42.7 Å². The SMILES string of the molecule is C.CC(C)(C)OC(=O)N1C2C=C(c3cc(N(COCC[Si](C)(C)C)COCC[Si](C)(C)C)n4nccc4n3)CC1COC2.CC(C)(C)OC(=O)N1C2COCC1CC(c1cc(N(COCC[Si](C)(C)C)COCC[Si](C)(C)C)n3nccc3n1)C2.F. The topological polar surface area (TPSA) is 181 Å². The van der Waals surface area contributed by atoms with Crippen molar-refractivity contribution < 1.29 is 52.2 Å². The molecule has 25 heteroatoms. The molecule has 4 aromatic heterocycles. The Kier molecular flexibility index (Phi) is 25.6. The normalized spacial score (nSPS) is 20.1. The number of carbonyl (C=O) groups excluding carboxylic acids is 2. The Labute approximate surface area is 517 Å². The predicted octanol–water partition coefficient (Wildman–Crippen LogP) is 12.8. The molecule has 0 spiro atoms. The maximum Gasteiger partial charge on any atom is 0.411 e. The molecule has 4 aliphatic rings. The molecule has 4 aromatic rings. The molecule has 0 saturated carbocycles. The number of carbonyl (C=O) groups is 2. The molecule has 4 unspecified atom stereocenters. The second kappa shape index (κ2) is 30.5. The Balaban J connectivity index is 0.000000307. The molecule has 486 valence electrons. The smallest absolute Gasteiger partial charge is 0.411 e. The van der Waals surface area contributed by atoms with Crippen molar-refractivity contribution in [3.05, 3.63) is 54.1 Å². The van der Waals surface area contributed by atoms with Gasteiger partial charge < -0.3 is 47.7 Å². The van der Waals surface area contributed by atoms with E-state index >= 15 is 0 Å². The lowest BCUT2D eigenvalue weighted by Crippen LogP contribution is -2.59. The number of anilines is 2. The van der Waals surface area contributed by atoms with Gasteiger partial charge in [0, 0.05) is 94.6 Å². The minimum absolute atomic E-state index is 0. The minimum atomic E-state index is -1.22. The molecule has 0 aromatic carbocycles. The number of hydrogen-bond acceptors (Lipinski definition) is 16. The summed E-state index contributed by atoms with van der Waals surface area (Å²) < 4.78 is 51.9. The van der Waals surface area contributed by atoms with Crippen LogP contribution in [-0.4, -0.2) is 199 Å². The summed E-state index contributed by atoms with van der Waals surface area (Å²) in [5.74, 6) is 1.97. The maximum atomic E-state index is 13.1. The van der Waals surface area contributed by atoms with Gasteiger partial charge in [-0.1, -0.05) is 92.1 Å². The van der Waals surface area contributed by atoms with E-state index < -0.39 is 43.5 Å². The van der Waals surface area contributed by atoms with Crippen molar-refractivity contribution in [2.75, 3.05) is 89.6 Å². The fraction of sp³-hybridized carbons (Fsp3) is 0.738. The molecule has 4 aliphatic heterocycles. The highest BCUT2D eigenvalue weighted by molar-refractivity contribution is 6.77. The monoisotopic (exact) mass is 1270 g/mol. The Morgan fingerprint density at radius 2 is 0.965 bits per heavy atom. The van der Waals surface area contributed by atoms with E-state index in [1.807, 2.05) is 72.5 Å². The van der Waals surface area contributed by atoms with Gasteiger partial charge in [-0.25, -0.2) is 19.6 Å². The molecule has 3 fully saturated rings. The zero-order valence-electron chi connectivity index (χ0n) is 54.8. The summed E-state index contributed by atoms with van der Waals surface area (Å²) in [4.78, 5) is 44.2. The fourth-order valence-corrected chi connectivity index (χ4v) is 13.4. The average Bonchev–Trinajstić information content (AvgIpc) is 1.28. The molecule has 3 saturated heterocycles. The predicted molar refractivity (Wildman–Crippen MR) is 354 cm³/mol. The first-order chi connectivity index (χ1) is 39.2. The minimum Gasteiger partial charge on any atom is -0.444 e. The van der Waals surface area contributed by atoms with Crippen LogP contribution >= 0.6 is 0 Å². The van der Waals surface area contributed by atoms with Gasteiger partial charge in [0.05, 0.1) is 68.7 Å². The number of piperidine rings is 1. The number of halogens is 1. The van der Waals surface area contributed by atoms with Gasteiger partial charge in [-0.15, -0.1) is 0 Å². The van der Waals surface area contributed by atoms with Crippen molar-refractivity contribution in [2.45, 2.75) is 212 Å². The van der Waals surface area contributed by atoms with E-state index in [2.05, 4.69) is 117 Å². The zero-order valence-corrected chi connectivity index (χ0v) is 58.8. The van der Waals surface area contributed by atoms with Gasteiger partial charge in [-0.3, -0.25) is 14.5 Å². The fourth-order valence-electron chi connectivity index (χ4n) is 10.3. The maximum absolute atomic E-state index is 13.1. The number of nitrogens with zero attached hydrogens (tertiary/aromatic N) is 10. The molecule has 8 rings (SSSR count). The van der Waals surface area contributed by atoms with Crippen LogP contribution in [0.3, 0.4) is 0 Å². The summed E-state index contributed by atoms with van der Waals surface area (Å²) >= 11 is 0.